The molecule has 2 aromatic rings. The van der Waals surface area contributed by atoms with E-state index < -0.39 is 90.2 Å². The summed E-state index contributed by atoms with van der Waals surface area (Å²) >= 11 is 0.523. The number of benzene rings is 2. The van der Waals surface area contributed by atoms with Crippen molar-refractivity contribution in [2.75, 3.05) is 19.0 Å². The second kappa shape index (κ2) is 16.2. The Morgan fingerprint density at radius 3 is 1.92 bits per heavy atom. The lowest BCUT2D eigenvalue weighted by atomic mass is 9.97. The van der Waals surface area contributed by atoms with Crippen LogP contribution in [-0.2, 0) is 47.7 Å². The number of amides is 2. The fraction of sp³-hybridized carbons (Fsp3) is 0.438. The average Bonchev–Trinajstić information content (AvgIpc) is 3.35. The van der Waals surface area contributed by atoms with E-state index in [-0.39, 0.29) is 12.5 Å². The van der Waals surface area contributed by atoms with Gasteiger partial charge in [0.2, 0.25) is 0 Å². The van der Waals surface area contributed by atoms with Crippen LogP contribution in [0.4, 0.5) is 18.0 Å². The molecular formula is C32H33F3N2O12S. The van der Waals surface area contributed by atoms with Crippen molar-refractivity contribution in [2.45, 2.75) is 68.7 Å². The standard InChI is InChI=1S/C32H33F3N2O12S/c1-15(38)45-13-24-26(47-16(2)39)27(48-17(3)40)25(37-30(43)32(33,34)35)29(49-24)50-14-23(28(41)42)36-31(44)46-12-22-20-10-6-4-8-18(20)19-9-5-7-11-21(19)22/h4-11,22-27,29H,12-14H2,1-3H3,(H,36,44)(H,37,43)(H,41,42)/t23-,24-,25-,26-,27-,29+/m1/s1. The highest BCUT2D eigenvalue weighted by molar-refractivity contribution is 7.99. The molecule has 0 unspecified atom stereocenters. The van der Waals surface area contributed by atoms with Gasteiger partial charge in [-0.1, -0.05) is 48.5 Å². The Balaban J connectivity index is 1.52. The summed E-state index contributed by atoms with van der Waals surface area (Å²) in [5, 5.41) is 13.8. The van der Waals surface area contributed by atoms with Crippen LogP contribution in [0.1, 0.15) is 37.8 Å². The van der Waals surface area contributed by atoms with Gasteiger partial charge in [-0.15, -0.1) is 11.8 Å². The molecule has 0 aromatic heterocycles. The van der Waals surface area contributed by atoms with E-state index in [2.05, 4.69) is 5.32 Å². The molecule has 18 heteroatoms. The third-order valence-electron chi connectivity index (χ3n) is 7.62. The molecule has 1 aliphatic heterocycles. The van der Waals surface area contributed by atoms with E-state index >= 15 is 0 Å². The van der Waals surface area contributed by atoms with Crippen molar-refractivity contribution in [2.24, 2.45) is 0 Å². The third-order valence-corrected chi connectivity index (χ3v) is 8.88. The number of carbonyl (C=O) groups is 6. The van der Waals surface area contributed by atoms with Gasteiger partial charge in [0.1, 0.15) is 36.8 Å². The van der Waals surface area contributed by atoms with Gasteiger partial charge in [0, 0.05) is 32.4 Å². The topological polar surface area (TPSA) is 193 Å². The predicted octanol–water partition coefficient (Wildman–Crippen LogP) is 2.91. The number of nitrogens with one attached hydrogen (secondary N) is 2. The fourth-order valence-electron chi connectivity index (χ4n) is 5.58. The summed E-state index contributed by atoms with van der Waals surface area (Å²) in [6.07, 6.45) is -11.5. The van der Waals surface area contributed by atoms with E-state index in [1.807, 2.05) is 48.5 Å². The largest absolute Gasteiger partial charge is 0.480 e. The van der Waals surface area contributed by atoms with Crippen LogP contribution in [0, 0.1) is 0 Å². The minimum absolute atomic E-state index is 0.143. The second-order valence-corrected chi connectivity index (χ2v) is 12.3. The molecule has 0 spiro atoms. The van der Waals surface area contributed by atoms with Crippen LogP contribution in [0.25, 0.3) is 11.1 Å². The Bertz CT molecular complexity index is 1580. The van der Waals surface area contributed by atoms with E-state index in [1.54, 1.807) is 5.32 Å². The van der Waals surface area contributed by atoms with E-state index in [1.165, 1.54) is 0 Å². The molecule has 1 saturated heterocycles. The molecular weight excluding hydrogens is 693 g/mol. The van der Waals surface area contributed by atoms with Gasteiger partial charge in [-0.3, -0.25) is 19.2 Å². The average molecular weight is 727 g/mol. The number of alkyl carbamates (subject to hydrolysis) is 1. The van der Waals surface area contributed by atoms with Gasteiger partial charge in [-0.25, -0.2) is 9.59 Å². The van der Waals surface area contributed by atoms with Crippen LogP contribution in [0.5, 0.6) is 0 Å². The molecule has 1 fully saturated rings. The zero-order valence-electron chi connectivity index (χ0n) is 26.8. The number of aliphatic carboxylic acids is 1. The van der Waals surface area contributed by atoms with E-state index in [0.29, 0.717) is 11.8 Å². The number of carboxylic acids is 1. The third kappa shape index (κ3) is 9.44. The van der Waals surface area contributed by atoms with Gasteiger partial charge in [-0.05, 0) is 22.3 Å². The molecule has 1 heterocycles. The van der Waals surface area contributed by atoms with Crippen LogP contribution in [-0.4, -0.2) is 102 Å². The highest BCUT2D eigenvalue weighted by Gasteiger charge is 2.53. The Hall–Kier alpha value is -4.84. The Morgan fingerprint density at radius 1 is 0.840 bits per heavy atom. The molecule has 2 aliphatic rings. The zero-order chi connectivity index (χ0) is 36.7. The molecule has 2 amide bonds. The summed E-state index contributed by atoms with van der Waals surface area (Å²) in [6, 6.07) is 11.5. The number of rotatable bonds is 12. The maximum Gasteiger partial charge on any atom is 0.471 e. The SMILES string of the molecule is CC(=O)OC[C@H]1O[C@@H](SC[C@@H](NC(=O)OCC2c3ccccc3-c3ccccc32)C(=O)O)[C@H](NC(=O)C(F)(F)F)[C@@H](OC(C)=O)[C@@H]1OC(C)=O. The van der Waals surface area contributed by atoms with Crippen LogP contribution < -0.4 is 10.6 Å². The number of carboxylic acid groups (broad SMARTS) is 1. The maximum absolute atomic E-state index is 13.4. The zero-order valence-corrected chi connectivity index (χ0v) is 27.6. The summed E-state index contributed by atoms with van der Waals surface area (Å²) in [5.41, 5.74) is 2.11. The highest BCUT2D eigenvalue weighted by atomic mass is 32.2. The van der Waals surface area contributed by atoms with Crippen molar-refractivity contribution >= 4 is 47.6 Å². The van der Waals surface area contributed by atoms with Gasteiger partial charge < -0.3 is 39.4 Å². The first-order chi connectivity index (χ1) is 23.6. The number of esters is 3. The molecule has 50 heavy (non-hydrogen) atoms. The summed E-state index contributed by atoms with van der Waals surface area (Å²) in [7, 11) is 0. The van der Waals surface area contributed by atoms with Crippen molar-refractivity contribution in [3.63, 3.8) is 0 Å². The quantitative estimate of drug-likeness (QED) is 0.214. The smallest absolute Gasteiger partial charge is 0.471 e. The van der Waals surface area contributed by atoms with Crippen LogP contribution in [0.2, 0.25) is 0 Å². The Morgan fingerprint density at radius 2 is 1.40 bits per heavy atom. The number of carbonyl (C=O) groups excluding carboxylic acids is 5. The first-order valence-corrected chi connectivity index (χ1v) is 16.1. The molecule has 1 aliphatic carbocycles. The normalized spacial score (nSPS) is 21.8. The minimum atomic E-state index is -5.42. The molecule has 0 radical (unpaired) electrons. The number of halogens is 3. The van der Waals surface area contributed by atoms with Crippen molar-refractivity contribution < 1.29 is 70.7 Å². The van der Waals surface area contributed by atoms with E-state index in [0.717, 1.165) is 43.0 Å². The molecule has 14 nitrogen and oxygen atoms in total. The first kappa shape index (κ1) is 38.0. The Labute approximate surface area is 287 Å². The van der Waals surface area contributed by atoms with E-state index in [9.17, 15) is 47.0 Å². The lowest BCUT2D eigenvalue weighted by molar-refractivity contribution is -0.214. The molecule has 3 N–H and O–H groups in total. The van der Waals surface area contributed by atoms with Crippen LogP contribution >= 0.6 is 11.8 Å². The number of ether oxygens (including phenoxy) is 5. The lowest BCUT2D eigenvalue weighted by Gasteiger charge is -2.45. The number of alkyl halides is 3. The summed E-state index contributed by atoms with van der Waals surface area (Å²) in [5.74, 6) is -7.77. The van der Waals surface area contributed by atoms with Gasteiger partial charge in [0.15, 0.2) is 12.2 Å². The monoisotopic (exact) mass is 726 g/mol. The fourth-order valence-corrected chi connectivity index (χ4v) is 6.84. The molecule has 0 saturated carbocycles. The van der Waals surface area contributed by atoms with Crippen LogP contribution in [0.15, 0.2) is 48.5 Å². The van der Waals surface area contributed by atoms with Crippen molar-refractivity contribution in [3.05, 3.63) is 59.7 Å². The summed E-state index contributed by atoms with van der Waals surface area (Å²) in [4.78, 5) is 72.7. The second-order valence-electron chi connectivity index (χ2n) is 11.2. The predicted molar refractivity (Wildman–Crippen MR) is 166 cm³/mol. The number of hydrogen-bond acceptors (Lipinski definition) is 12. The molecule has 2 aromatic carbocycles. The number of fused-ring (bicyclic) bond motifs is 3. The Kier molecular flexibility index (Phi) is 12.3. The van der Waals surface area contributed by atoms with Crippen molar-refractivity contribution in [1.29, 1.82) is 0 Å². The van der Waals surface area contributed by atoms with Crippen molar-refractivity contribution in [1.82, 2.24) is 10.6 Å². The maximum atomic E-state index is 13.4. The van der Waals surface area contributed by atoms with Gasteiger partial charge in [0.25, 0.3) is 0 Å². The van der Waals surface area contributed by atoms with Gasteiger partial charge in [0.05, 0.1) is 0 Å². The minimum Gasteiger partial charge on any atom is -0.480 e. The number of thioether (sulfide) groups is 1. The van der Waals surface area contributed by atoms with Gasteiger partial charge >= 0.3 is 42.1 Å². The molecule has 270 valence electrons. The molecule has 4 rings (SSSR count). The first-order valence-electron chi connectivity index (χ1n) is 15.0. The van der Waals surface area contributed by atoms with Gasteiger partial charge in [-0.2, -0.15) is 13.2 Å². The summed E-state index contributed by atoms with van der Waals surface area (Å²) in [6.45, 7) is 2.12. The van der Waals surface area contributed by atoms with Crippen molar-refractivity contribution in [3.8, 4) is 11.1 Å². The van der Waals surface area contributed by atoms with Crippen LogP contribution in [0.3, 0.4) is 0 Å². The number of hydrogen-bond donors (Lipinski definition) is 3. The van der Waals surface area contributed by atoms with E-state index in [4.69, 9.17) is 23.7 Å². The lowest BCUT2D eigenvalue weighted by Crippen LogP contribution is -2.66. The molecule has 6 atom stereocenters. The summed E-state index contributed by atoms with van der Waals surface area (Å²) < 4.78 is 66.7. The molecule has 0 bridgehead atoms. The highest BCUT2D eigenvalue weighted by Crippen LogP contribution is 2.44.